The lowest BCUT2D eigenvalue weighted by molar-refractivity contribution is 0.0952. The number of nitrogens with zero attached hydrogens (tertiary/aromatic N) is 3. The van der Waals surface area contributed by atoms with Gasteiger partial charge in [0.25, 0.3) is 5.91 Å². The molecule has 1 aromatic heterocycles. The second kappa shape index (κ2) is 9.51. The Morgan fingerprint density at radius 2 is 1.40 bits per heavy atom. The molecule has 1 aliphatic carbocycles. The highest BCUT2D eigenvalue weighted by Crippen LogP contribution is 2.31. The minimum Gasteiger partial charge on any atom is -0.354 e. The Hall–Kier alpha value is -3.70. The second-order valence-corrected chi connectivity index (χ2v) is 9.54. The lowest BCUT2D eigenvalue weighted by Gasteiger charge is -2.40. The Kier molecular flexibility index (Phi) is 5.93. The third-order valence-corrected chi connectivity index (χ3v) is 7.09. The van der Waals surface area contributed by atoms with Gasteiger partial charge in [0.15, 0.2) is 0 Å². The molecule has 176 valence electrons. The van der Waals surface area contributed by atoms with Crippen molar-refractivity contribution < 1.29 is 4.79 Å². The zero-order valence-corrected chi connectivity index (χ0v) is 19.8. The Balaban J connectivity index is 1.26. The van der Waals surface area contributed by atoms with Crippen LogP contribution in [-0.4, -0.2) is 48.0 Å². The van der Waals surface area contributed by atoms with Crippen molar-refractivity contribution in [2.75, 3.05) is 31.1 Å². The van der Waals surface area contributed by atoms with Crippen LogP contribution in [0, 0.1) is 0 Å². The van der Waals surface area contributed by atoms with Gasteiger partial charge in [0.05, 0.1) is 17.1 Å². The highest BCUT2D eigenvalue weighted by molar-refractivity contribution is 6.07. The van der Waals surface area contributed by atoms with Gasteiger partial charge < -0.3 is 10.2 Å². The number of hydrogen-bond donors (Lipinski definition) is 1. The Morgan fingerprint density at radius 3 is 2.03 bits per heavy atom. The number of fused-ring (bicyclic) bond motifs is 1. The largest absolute Gasteiger partial charge is 0.354 e. The molecule has 2 heterocycles. The molecule has 5 nitrogen and oxygen atoms in total. The van der Waals surface area contributed by atoms with E-state index >= 15 is 0 Å². The van der Waals surface area contributed by atoms with Crippen molar-refractivity contribution in [1.82, 2.24) is 15.2 Å². The number of piperazine rings is 1. The Labute approximate surface area is 206 Å². The molecule has 1 aliphatic heterocycles. The van der Waals surface area contributed by atoms with Gasteiger partial charge in [-0.15, -0.1) is 0 Å². The van der Waals surface area contributed by atoms with Gasteiger partial charge in [-0.25, -0.2) is 4.98 Å². The van der Waals surface area contributed by atoms with Crippen molar-refractivity contribution in [3.63, 3.8) is 0 Å². The minimum absolute atomic E-state index is 0.0132. The zero-order chi connectivity index (χ0) is 23.6. The fraction of sp³-hybridized carbons (Fsp3) is 0.267. The molecule has 1 saturated carbocycles. The number of benzene rings is 3. The van der Waals surface area contributed by atoms with E-state index in [2.05, 4.69) is 75.8 Å². The average molecular weight is 463 g/mol. The molecule has 0 atom stereocenters. The summed E-state index contributed by atoms with van der Waals surface area (Å²) in [5.41, 5.74) is 4.23. The molecule has 0 spiro atoms. The maximum Gasteiger partial charge on any atom is 0.252 e. The third kappa shape index (κ3) is 4.64. The van der Waals surface area contributed by atoms with Gasteiger partial charge in [-0.1, -0.05) is 78.9 Å². The SMILES string of the molecule is O=C(NC1CC1)c1cc(N2CCN(C(c3ccccc3)c3ccccc3)CC2)nc2ccccc12. The summed E-state index contributed by atoms with van der Waals surface area (Å²) < 4.78 is 0. The Bertz CT molecular complexity index is 1270. The van der Waals surface area contributed by atoms with Crippen LogP contribution in [0.3, 0.4) is 0 Å². The van der Waals surface area contributed by atoms with Gasteiger partial charge in [-0.3, -0.25) is 9.69 Å². The van der Waals surface area contributed by atoms with E-state index in [-0.39, 0.29) is 11.9 Å². The highest BCUT2D eigenvalue weighted by Gasteiger charge is 2.28. The lowest BCUT2D eigenvalue weighted by Crippen LogP contribution is -2.48. The maximum absolute atomic E-state index is 13.0. The summed E-state index contributed by atoms with van der Waals surface area (Å²) >= 11 is 0. The summed E-state index contributed by atoms with van der Waals surface area (Å²) in [6.07, 6.45) is 2.15. The van der Waals surface area contributed by atoms with E-state index in [0.717, 1.165) is 61.3 Å². The molecule has 6 rings (SSSR count). The number of nitrogens with one attached hydrogen (secondary N) is 1. The van der Waals surface area contributed by atoms with Crippen molar-refractivity contribution in [2.24, 2.45) is 0 Å². The van der Waals surface area contributed by atoms with E-state index in [1.807, 2.05) is 30.3 Å². The van der Waals surface area contributed by atoms with Crippen LogP contribution in [0.2, 0.25) is 0 Å². The first-order valence-electron chi connectivity index (χ1n) is 12.6. The highest BCUT2D eigenvalue weighted by atomic mass is 16.1. The monoisotopic (exact) mass is 462 g/mol. The van der Waals surface area contributed by atoms with E-state index in [9.17, 15) is 4.79 Å². The van der Waals surface area contributed by atoms with Gasteiger partial charge in [0.2, 0.25) is 0 Å². The third-order valence-electron chi connectivity index (χ3n) is 7.09. The molecule has 1 saturated heterocycles. The standard InChI is InChI=1S/C30H30N4O/c35-30(31-24-15-16-24)26-21-28(32-27-14-8-7-13-25(26)27)33-17-19-34(20-18-33)29(22-9-3-1-4-10-22)23-11-5-2-6-12-23/h1-14,21,24,29H,15-20H2,(H,31,35). The van der Waals surface area contributed by atoms with Crippen molar-refractivity contribution >= 4 is 22.6 Å². The van der Waals surface area contributed by atoms with Crippen molar-refractivity contribution in [2.45, 2.75) is 24.9 Å². The second-order valence-electron chi connectivity index (χ2n) is 9.54. The molecule has 2 fully saturated rings. The molecular weight excluding hydrogens is 432 g/mol. The lowest BCUT2D eigenvalue weighted by atomic mass is 9.96. The fourth-order valence-electron chi connectivity index (χ4n) is 5.10. The van der Waals surface area contributed by atoms with Crippen LogP contribution in [0.5, 0.6) is 0 Å². The molecule has 1 N–H and O–H groups in total. The number of para-hydroxylation sites is 1. The van der Waals surface area contributed by atoms with Gasteiger partial charge in [-0.05, 0) is 36.1 Å². The van der Waals surface area contributed by atoms with Crippen LogP contribution in [0.1, 0.15) is 40.4 Å². The van der Waals surface area contributed by atoms with Crippen LogP contribution in [0.25, 0.3) is 10.9 Å². The van der Waals surface area contributed by atoms with Crippen LogP contribution in [0.4, 0.5) is 5.82 Å². The first-order valence-corrected chi connectivity index (χ1v) is 12.6. The topological polar surface area (TPSA) is 48.5 Å². The summed E-state index contributed by atoms with van der Waals surface area (Å²) in [7, 11) is 0. The van der Waals surface area contributed by atoms with Crippen LogP contribution >= 0.6 is 0 Å². The molecule has 0 radical (unpaired) electrons. The molecular formula is C30H30N4O. The predicted octanol–water partition coefficient (Wildman–Crippen LogP) is 5.04. The van der Waals surface area contributed by atoms with Gasteiger partial charge in [0, 0.05) is 37.6 Å². The van der Waals surface area contributed by atoms with Gasteiger partial charge in [-0.2, -0.15) is 0 Å². The van der Waals surface area contributed by atoms with Crippen LogP contribution < -0.4 is 10.2 Å². The first-order chi connectivity index (χ1) is 17.3. The van der Waals surface area contributed by atoms with Crippen molar-refractivity contribution in [1.29, 1.82) is 0 Å². The summed E-state index contributed by atoms with van der Waals surface area (Å²) in [5.74, 6) is 0.902. The van der Waals surface area contributed by atoms with E-state index in [1.165, 1.54) is 11.1 Å². The maximum atomic E-state index is 13.0. The Morgan fingerprint density at radius 1 is 0.800 bits per heavy atom. The first kappa shape index (κ1) is 21.8. The number of hydrogen-bond acceptors (Lipinski definition) is 4. The smallest absolute Gasteiger partial charge is 0.252 e. The summed E-state index contributed by atoms with van der Waals surface area (Å²) in [6, 6.07) is 32.0. The quantitative estimate of drug-likeness (QED) is 0.436. The van der Waals surface area contributed by atoms with Crippen molar-refractivity contribution in [3.8, 4) is 0 Å². The summed E-state index contributed by atoms with van der Waals surface area (Å²) in [6.45, 7) is 3.58. The normalized spacial score (nSPS) is 16.5. The summed E-state index contributed by atoms with van der Waals surface area (Å²) in [5, 5.41) is 4.08. The van der Waals surface area contributed by atoms with Crippen LogP contribution in [-0.2, 0) is 0 Å². The van der Waals surface area contributed by atoms with E-state index < -0.39 is 0 Å². The number of carbonyl (C=O) groups is 1. The summed E-state index contributed by atoms with van der Waals surface area (Å²) in [4.78, 5) is 22.9. The van der Waals surface area contributed by atoms with Gasteiger partial charge in [0.1, 0.15) is 5.82 Å². The van der Waals surface area contributed by atoms with Crippen molar-refractivity contribution in [3.05, 3.63) is 108 Å². The van der Waals surface area contributed by atoms with Crippen LogP contribution in [0.15, 0.2) is 91.0 Å². The van der Waals surface area contributed by atoms with E-state index in [1.54, 1.807) is 0 Å². The van der Waals surface area contributed by atoms with E-state index in [4.69, 9.17) is 4.98 Å². The predicted molar refractivity (Wildman–Crippen MR) is 141 cm³/mol. The molecule has 1 amide bonds. The molecule has 2 aliphatic rings. The molecule has 0 unspecified atom stereocenters. The fourth-order valence-corrected chi connectivity index (χ4v) is 5.10. The zero-order valence-electron chi connectivity index (χ0n) is 19.8. The van der Waals surface area contributed by atoms with Gasteiger partial charge >= 0.3 is 0 Å². The molecule has 4 aromatic rings. The van der Waals surface area contributed by atoms with E-state index in [0.29, 0.717) is 6.04 Å². The number of carbonyl (C=O) groups excluding carboxylic acids is 1. The number of rotatable bonds is 6. The minimum atomic E-state index is 0.0132. The molecule has 0 bridgehead atoms. The molecule has 35 heavy (non-hydrogen) atoms. The number of aromatic nitrogens is 1. The average Bonchev–Trinajstić information content (AvgIpc) is 3.74. The molecule has 3 aromatic carbocycles. The number of anilines is 1. The molecule has 5 heteroatoms. The number of amides is 1. The number of pyridine rings is 1.